The average molecular weight is 243 g/mol. The fourth-order valence-electron chi connectivity index (χ4n) is 1.60. The molecule has 0 aliphatic rings. The normalized spacial score (nSPS) is 11.1. The molecule has 0 radical (unpaired) electrons. The summed E-state index contributed by atoms with van der Waals surface area (Å²) in [6, 6.07) is 2.76. The van der Waals surface area contributed by atoms with Crippen molar-refractivity contribution in [1.82, 2.24) is 0 Å². The van der Waals surface area contributed by atoms with Crippen LogP contribution >= 0.6 is 0 Å². The van der Waals surface area contributed by atoms with Crippen molar-refractivity contribution in [2.24, 2.45) is 10.8 Å². The van der Waals surface area contributed by atoms with Gasteiger partial charge in [-0.25, -0.2) is 0 Å². The van der Waals surface area contributed by atoms with Crippen LogP contribution in [-0.2, 0) is 12.9 Å². The summed E-state index contributed by atoms with van der Waals surface area (Å²) in [4.78, 5) is 2.56. The summed E-state index contributed by atoms with van der Waals surface area (Å²) in [7, 11) is 0. The Kier molecular flexibility index (Phi) is 4.04. The van der Waals surface area contributed by atoms with Crippen molar-refractivity contribution < 1.29 is 12.9 Å². The lowest BCUT2D eigenvalue weighted by Gasteiger charge is -2.18. The molecule has 0 saturated heterocycles. The van der Waals surface area contributed by atoms with Gasteiger partial charge in [-0.1, -0.05) is 23.1 Å². The molecule has 2 N–H and O–H groups in total. The first-order valence-corrected chi connectivity index (χ1v) is 4.96. The maximum Gasteiger partial charge on any atom is 0.482 e. The molecule has 17 heavy (non-hydrogen) atoms. The Morgan fingerprint density at radius 2 is 1.94 bits per heavy atom. The smallest absolute Gasteiger partial charge is 0.449 e. The molecule has 0 bridgehead atoms. The molecular formula is C9H11BF3N4-. The van der Waals surface area contributed by atoms with Gasteiger partial charge in [-0.05, 0) is 29.6 Å². The van der Waals surface area contributed by atoms with Gasteiger partial charge >= 0.3 is 6.98 Å². The van der Waals surface area contributed by atoms with E-state index in [1.807, 2.05) is 0 Å². The molecule has 0 unspecified atom stereocenters. The molecule has 0 amide bonds. The molecule has 1 rings (SSSR count). The summed E-state index contributed by atoms with van der Waals surface area (Å²) in [5.74, 6) is 0. The van der Waals surface area contributed by atoms with Crippen molar-refractivity contribution in [3.05, 3.63) is 39.3 Å². The topological polar surface area (TPSA) is 74.8 Å². The molecular weight excluding hydrogens is 232 g/mol. The van der Waals surface area contributed by atoms with Crippen LogP contribution in [0.25, 0.3) is 10.4 Å². The Morgan fingerprint density at radius 3 is 2.41 bits per heavy atom. The summed E-state index contributed by atoms with van der Waals surface area (Å²) in [6.45, 7) is -3.23. The van der Waals surface area contributed by atoms with E-state index >= 15 is 0 Å². The SMILES string of the molecule is Cc1c(CN)cc(N=[N+]=[N-])cc1C[B-](F)(F)F. The minimum Gasteiger partial charge on any atom is -0.449 e. The molecule has 0 aromatic heterocycles. The number of hydrogen-bond acceptors (Lipinski definition) is 2. The molecule has 0 saturated carbocycles. The van der Waals surface area contributed by atoms with Crippen molar-refractivity contribution in [2.45, 2.75) is 19.8 Å². The quantitative estimate of drug-likeness (QED) is 0.374. The van der Waals surface area contributed by atoms with Crippen molar-refractivity contribution in [3.8, 4) is 0 Å². The predicted molar refractivity (Wildman–Crippen MR) is 60.7 cm³/mol. The fraction of sp³-hybridized carbons (Fsp3) is 0.333. The second kappa shape index (κ2) is 5.12. The van der Waals surface area contributed by atoms with Gasteiger partial charge in [0.05, 0.1) is 0 Å². The molecule has 0 aliphatic carbocycles. The van der Waals surface area contributed by atoms with Gasteiger partial charge in [0.2, 0.25) is 0 Å². The lowest BCUT2D eigenvalue weighted by atomic mass is 9.79. The van der Waals surface area contributed by atoms with E-state index in [0.717, 1.165) is 0 Å². The lowest BCUT2D eigenvalue weighted by Crippen LogP contribution is -2.20. The third kappa shape index (κ3) is 3.69. The Morgan fingerprint density at radius 1 is 1.35 bits per heavy atom. The Balaban J connectivity index is 3.27. The first kappa shape index (κ1) is 13.4. The van der Waals surface area contributed by atoms with Gasteiger partial charge in [0.15, 0.2) is 0 Å². The molecule has 4 nitrogen and oxygen atoms in total. The van der Waals surface area contributed by atoms with Crippen molar-refractivity contribution in [1.29, 1.82) is 0 Å². The predicted octanol–water partition coefficient (Wildman–Crippen LogP) is 3.32. The maximum absolute atomic E-state index is 12.4. The van der Waals surface area contributed by atoms with Crippen LogP contribution in [0.3, 0.4) is 0 Å². The van der Waals surface area contributed by atoms with Crippen molar-refractivity contribution in [3.63, 3.8) is 0 Å². The summed E-state index contributed by atoms with van der Waals surface area (Å²) < 4.78 is 37.2. The Hall–Kier alpha value is -1.66. The van der Waals surface area contributed by atoms with Gasteiger partial charge in [-0.15, -0.1) is 0 Å². The molecule has 0 spiro atoms. The first-order chi connectivity index (χ1) is 7.87. The molecule has 0 aliphatic heterocycles. The Labute approximate surface area is 96.3 Å². The van der Waals surface area contributed by atoms with Gasteiger partial charge < -0.3 is 18.7 Å². The molecule has 1 aromatic carbocycles. The highest BCUT2D eigenvalue weighted by Crippen LogP contribution is 2.26. The van der Waals surface area contributed by atoms with E-state index in [2.05, 4.69) is 10.0 Å². The summed E-state index contributed by atoms with van der Waals surface area (Å²) >= 11 is 0. The molecule has 1 aromatic rings. The van der Waals surface area contributed by atoms with Crippen LogP contribution in [0.2, 0.25) is 0 Å². The minimum absolute atomic E-state index is 0.110. The van der Waals surface area contributed by atoms with Crippen LogP contribution in [0.15, 0.2) is 17.2 Å². The molecule has 0 heterocycles. The van der Waals surface area contributed by atoms with E-state index in [4.69, 9.17) is 11.3 Å². The number of nitrogens with zero attached hydrogens (tertiary/aromatic N) is 3. The minimum atomic E-state index is -4.92. The second-order valence-corrected chi connectivity index (χ2v) is 3.70. The third-order valence-electron chi connectivity index (χ3n) is 2.44. The van der Waals surface area contributed by atoms with E-state index in [-0.39, 0.29) is 17.8 Å². The monoisotopic (exact) mass is 243 g/mol. The van der Waals surface area contributed by atoms with Crippen molar-refractivity contribution in [2.75, 3.05) is 0 Å². The second-order valence-electron chi connectivity index (χ2n) is 3.70. The van der Waals surface area contributed by atoms with Crippen LogP contribution in [0.1, 0.15) is 16.7 Å². The number of nitrogens with two attached hydrogens (primary N) is 1. The van der Waals surface area contributed by atoms with E-state index < -0.39 is 13.3 Å². The zero-order chi connectivity index (χ0) is 13.1. The first-order valence-electron chi connectivity index (χ1n) is 4.96. The van der Waals surface area contributed by atoms with Gasteiger partial charge in [-0.3, -0.25) is 0 Å². The van der Waals surface area contributed by atoms with Crippen LogP contribution in [-0.4, -0.2) is 6.98 Å². The van der Waals surface area contributed by atoms with Gasteiger partial charge in [0.1, 0.15) is 0 Å². The summed E-state index contributed by atoms with van der Waals surface area (Å²) in [5.41, 5.74) is 15.1. The molecule has 92 valence electrons. The van der Waals surface area contributed by atoms with Gasteiger partial charge in [0, 0.05) is 17.1 Å². The highest BCUT2D eigenvalue weighted by molar-refractivity contribution is 6.57. The largest absolute Gasteiger partial charge is 0.482 e. The fourth-order valence-corrected chi connectivity index (χ4v) is 1.60. The van der Waals surface area contributed by atoms with E-state index in [9.17, 15) is 12.9 Å². The number of azide groups is 1. The van der Waals surface area contributed by atoms with Gasteiger partial charge in [-0.2, -0.15) is 0 Å². The van der Waals surface area contributed by atoms with E-state index in [1.54, 1.807) is 6.92 Å². The molecule has 0 atom stereocenters. The number of rotatable bonds is 4. The average Bonchev–Trinajstić information content (AvgIpc) is 2.21. The number of benzene rings is 1. The highest BCUT2D eigenvalue weighted by Gasteiger charge is 2.24. The van der Waals surface area contributed by atoms with Crippen LogP contribution in [0, 0.1) is 6.92 Å². The van der Waals surface area contributed by atoms with Crippen molar-refractivity contribution >= 4 is 12.7 Å². The number of hydrogen-bond donors (Lipinski definition) is 1. The summed E-state index contributed by atoms with van der Waals surface area (Å²) in [6.07, 6.45) is -0.992. The van der Waals surface area contributed by atoms with E-state index in [0.29, 0.717) is 11.1 Å². The van der Waals surface area contributed by atoms with Crippen LogP contribution in [0.4, 0.5) is 18.6 Å². The van der Waals surface area contributed by atoms with Gasteiger partial charge in [0.25, 0.3) is 0 Å². The molecule has 8 heteroatoms. The zero-order valence-corrected chi connectivity index (χ0v) is 9.20. The standard InChI is InChI=1S/C9H11BF3N4/c1-6-7(4-10(11,12)13)2-9(16-17-15)3-8(6)5-14/h2-3H,4-5,14H2,1H3/q-1. The van der Waals surface area contributed by atoms with E-state index in [1.165, 1.54) is 12.1 Å². The molecule has 0 fully saturated rings. The van der Waals surface area contributed by atoms with Crippen LogP contribution < -0.4 is 5.73 Å². The zero-order valence-electron chi connectivity index (χ0n) is 9.20. The summed E-state index contributed by atoms with van der Waals surface area (Å²) in [5, 5.41) is 3.31. The number of halogens is 3. The third-order valence-corrected chi connectivity index (χ3v) is 2.44. The lowest BCUT2D eigenvalue weighted by molar-refractivity contribution is 0.468. The van der Waals surface area contributed by atoms with Crippen LogP contribution in [0.5, 0.6) is 0 Å². The Bertz CT molecular complexity index is 466. The maximum atomic E-state index is 12.4. The highest BCUT2D eigenvalue weighted by atomic mass is 19.4.